The summed E-state index contributed by atoms with van der Waals surface area (Å²) in [5.74, 6) is 0.0931. The standard InChI is InChI=1S/C23H20N2O3/c1-13-4-6-16(7-5-13)22(27)24-17-8-9-18(20(26)12-17)23-25-19-10-14(2)15(3)11-21(19)28-23/h4-12,26H,1-3H3,(H,24,27). The minimum absolute atomic E-state index is 0.0123. The maximum absolute atomic E-state index is 12.3. The zero-order valence-electron chi connectivity index (χ0n) is 15.9. The number of hydrogen-bond acceptors (Lipinski definition) is 4. The van der Waals surface area contributed by atoms with Crippen molar-refractivity contribution in [3.05, 3.63) is 76.9 Å². The third-order valence-corrected chi connectivity index (χ3v) is 4.80. The van der Waals surface area contributed by atoms with Crippen molar-refractivity contribution in [1.29, 1.82) is 0 Å². The van der Waals surface area contributed by atoms with Crippen LogP contribution in [0.5, 0.6) is 5.75 Å². The first-order valence-corrected chi connectivity index (χ1v) is 9.00. The molecule has 2 N–H and O–H groups in total. The first kappa shape index (κ1) is 17.8. The molecule has 0 spiro atoms. The molecule has 0 aliphatic rings. The third kappa shape index (κ3) is 3.34. The maximum Gasteiger partial charge on any atom is 0.255 e. The molecule has 1 heterocycles. The smallest absolute Gasteiger partial charge is 0.255 e. The number of carbonyl (C=O) groups excluding carboxylic acids is 1. The molecule has 0 atom stereocenters. The fourth-order valence-electron chi connectivity index (χ4n) is 2.99. The summed E-state index contributed by atoms with van der Waals surface area (Å²) in [7, 11) is 0. The first-order chi connectivity index (χ1) is 13.4. The Morgan fingerprint density at radius 1 is 0.964 bits per heavy atom. The van der Waals surface area contributed by atoms with Gasteiger partial charge in [-0.15, -0.1) is 0 Å². The van der Waals surface area contributed by atoms with Gasteiger partial charge in [-0.25, -0.2) is 4.98 Å². The topological polar surface area (TPSA) is 75.4 Å². The van der Waals surface area contributed by atoms with E-state index in [1.54, 1.807) is 24.3 Å². The number of oxazole rings is 1. The van der Waals surface area contributed by atoms with Crippen LogP contribution in [0.25, 0.3) is 22.6 Å². The fraction of sp³-hybridized carbons (Fsp3) is 0.130. The van der Waals surface area contributed by atoms with E-state index in [0.717, 1.165) is 22.2 Å². The van der Waals surface area contributed by atoms with Crippen molar-refractivity contribution in [3.8, 4) is 17.2 Å². The number of fused-ring (bicyclic) bond motifs is 1. The number of phenolic OH excluding ortho intramolecular Hbond substituents is 1. The number of amides is 1. The van der Waals surface area contributed by atoms with Gasteiger partial charge in [0, 0.05) is 17.3 Å². The van der Waals surface area contributed by atoms with Crippen LogP contribution >= 0.6 is 0 Å². The van der Waals surface area contributed by atoms with Gasteiger partial charge in [0.25, 0.3) is 5.91 Å². The van der Waals surface area contributed by atoms with Gasteiger partial charge >= 0.3 is 0 Å². The van der Waals surface area contributed by atoms with E-state index in [0.29, 0.717) is 28.3 Å². The third-order valence-electron chi connectivity index (χ3n) is 4.80. The quantitative estimate of drug-likeness (QED) is 0.506. The van der Waals surface area contributed by atoms with E-state index in [9.17, 15) is 9.90 Å². The molecule has 0 unspecified atom stereocenters. The summed E-state index contributed by atoms with van der Waals surface area (Å²) < 4.78 is 5.81. The van der Waals surface area contributed by atoms with Crippen molar-refractivity contribution in [1.82, 2.24) is 4.98 Å². The van der Waals surface area contributed by atoms with Crippen molar-refractivity contribution < 1.29 is 14.3 Å². The molecule has 0 bridgehead atoms. The number of aromatic nitrogens is 1. The second-order valence-electron chi connectivity index (χ2n) is 6.98. The lowest BCUT2D eigenvalue weighted by Gasteiger charge is -2.07. The summed E-state index contributed by atoms with van der Waals surface area (Å²) in [6, 6.07) is 16.1. The molecule has 0 radical (unpaired) electrons. The summed E-state index contributed by atoms with van der Waals surface area (Å²) in [5.41, 5.74) is 6.28. The minimum atomic E-state index is -0.236. The lowest BCUT2D eigenvalue weighted by atomic mass is 10.1. The number of aromatic hydroxyl groups is 1. The highest BCUT2D eigenvalue weighted by Gasteiger charge is 2.14. The van der Waals surface area contributed by atoms with Gasteiger partial charge in [0.1, 0.15) is 11.3 Å². The number of anilines is 1. The van der Waals surface area contributed by atoms with E-state index >= 15 is 0 Å². The first-order valence-electron chi connectivity index (χ1n) is 9.00. The van der Waals surface area contributed by atoms with Gasteiger partial charge in [0.05, 0.1) is 5.56 Å². The van der Waals surface area contributed by atoms with E-state index < -0.39 is 0 Å². The molecule has 28 heavy (non-hydrogen) atoms. The van der Waals surface area contributed by atoms with Crippen molar-refractivity contribution in [2.75, 3.05) is 5.32 Å². The van der Waals surface area contributed by atoms with Gasteiger partial charge in [-0.2, -0.15) is 0 Å². The van der Waals surface area contributed by atoms with Crippen LogP contribution < -0.4 is 5.32 Å². The van der Waals surface area contributed by atoms with Crippen LogP contribution in [0.4, 0.5) is 5.69 Å². The van der Waals surface area contributed by atoms with E-state index in [-0.39, 0.29) is 11.7 Å². The van der Waals surface area contributed by atoms with Crippen LogP contribution in [-0.4, -0.2) is 16.0 Å². The van der Waals surface area contributed by atoms with Crippen molar-refractivity contribution in [2.24, 2.45) is 0 Å². The van der Waals surface area contributed by atoms with Crippen LogP contribution in [0.3, 0.4) is 0 Å². The van der Waals surface area contributed by atoms with Crippen molar-refractivity contribution in [2.45, 2.75) is 20.8 Å². The van der Waals surface area contributed by atoms with Crippen molar-refractivity contribution in [3.63, 3.8) is 0 Å². The van der Waals surface area contributed by atoms with Crippen molar-refractivity contribution >= 4 is 22.7 Å². The molecular formula is C23H20N2O3. The largest absolute Gasteiger partial charge is 0.507 e. The van der Waals surface area contributed by atoms with E-state index in [4.69, 9.17) is 4.42 Å². The molecular weight excluding hydrogens is 352 g/mol. The Morgan fingerprint density at radius 3 is 2.39 bits per heavy atom. The molecule has 4 aromatic rings. The molecule has 5 heteroatoms. The second-order valence-corrected chi connectivity index (χ2v) is 6.98. The van der Waals surface area contributed by atoms with Crippen LogP contribution in [0.15, 0.2) is 59.0 Å². The van der Waals surface area contributed by atoms with Crippen LogP contribution in [-0.2, 0) is 0 Å². The summed E-state index contributed by atoms with van der Waals surface area (Å²) in [5, 5.41) is 13.2. The molecule has 5 nitrogen and oxygen atoms in total. The monoisotopic (exact) mass is 372 g/mol. The Hall–Kier alpha value is -3.60. The Labute approximate surface area is 162 Å². The predicted molar refractivity (Wildman–Crippen MR) is 110 cm³/mol. The molecule has 0 saturated carbocycles. The van der Waals surface area contributed by atoms with E-state index in [1.165, 1.54) is 6.07 Å². The number of nitrogens with one attached hydrogen (secondary N) is 1. The molecule has 4 rings (SSSR count). The molecule has 0 aliphatic carbocycles. The molecule has 0 aliphatic heterocycles. The van der Waals surface area contributed by atoms with Crippen LogP contribution in [0, 0.1) is 20.8 Å². The summed E-state index contributed by atoms with van der Waals surface area (Å²) in [6.45, 7) is 6.00. The van der Waals surface area contributed by atoms with Gasteiger partial charge in [-0.1, -0.05) is 17.7 Å². The number of aryl methyl sites for hydroxylation is 3. The zero-order chi connectivity index (χ0) is 19.8. The lowest BCUT2D eigenvalue weighted by Crippen LogP contribution is -2.11. The van der Waals surface area contributed by atoms with Gasteiger partial charge in [0.15, 0.2) is 5.58 Å². The minimum Gasteiger partial charge on any atom is -0.507 e. The normalized spacial score (nSPS) is 11.0. The molecule has 3 aromatic carbocycles. The number of carbonyl (C=O) groups is 1. The Kier molecular flexibility index (Phi) is 4.35. The van der Waals surface area contributed by atoms with Gasteiger partial charge < -0.3 is 14.8 Å². The highest BCUT2D eigenvalue weighted by molar-refractivity contribution is 6.04. The number of rotatable bonds is 3. The van der Waals surface area contributed by atoms with Crippen LogP contribution in [0.1, 0.15) is 27.0 Å². The Morgan fingerprint density at radius 2 is 1.68 bits per heavy atom. The number of phenols is 1. The average molecular weight is 372 g/mol. The molecule has 0 saturated heterocycles. The number of nitrogens with zero attached hydrogens (tertiary/aromatic N) is 1. The second kappa shape index (κ2) is 6.85. The zero-order valence-corrected chi connectivity index (χ0v) is 15.9. The Balaban J connectivity index is 1.61. The molecule has 1 amide bonds. The molecule has 1 aromatic heterocycles. The summed E-state index contributed by atoms with van der Waals surface area (Å²) >= 11 is 0. The average Bonchev–Trinajstić information content (AvgIpc) is 3.05. The van der Waals surface area contributed by atoms with Crippen LogP contribution in [0.2, 0.25) is 0 Å². The number of benzene rings is 3. The Bertz CT molecular complexity index is 1150. The maximum atomic E-state index is 12.3. The lowest BCUT2D eigenvalue weighted by molar-refractivity contribution is 0.102. The van der Waals surface area contributed by atoms with Gasteiger partial charge in [0.2, 0.25) is 5.89 Å². The van der Waals surface area contributed by atoms with Gasteiger partial charge in [-0.05, 0) is 68.3 Å². The predicted octanol–water partition coefficient (Wildman–Crippen LogP) is 5.38. The van der Waals surface area contributed by atoms with E-state index in [1.807, 2.05) is 45.0 Å². The summed E-state index contributed by atoms with van der Waals surface area (Å²) in [4.78, 5) is 16.8. The fourth-order valence-corrected chi connectivity index (χ4v) is 2.99. The highest BCUT2D eigenvalue weighted by Crippen LogP contribution is 2.33. The van der Waals surface area contributed by atoms with Gasteiger partial charge in [-0.3, -0.25) is 4.79 Å². The SMILES string of the molecule is Cc1ccc(C(=O)Nc2ccc(-c3nc4cc(C)c(C)cc4o3)c(O)c2)cc1. The highest BCUT2D eigenvalue weighted by atomic mass is 16.3. The molecule has 0 fully saturated rings. The summed E-state index contributed by atoms with van der Waals surface area (Å²) in [6.07, 6.45) is 0. The molecule has 140 valence electrons. The number of hydrogen-bond donors (Lipinski definition) is 2. The van der Waals surface area contributed by atoms with E-state index in [2.05, 4.69) is 10.3 Å².